The number of imidazole rings is 1. The Labute approximate surface area is 204 Å². The zero-order chi connectivity index (χ0) is 23.8. The maximum absolute atomic E-state index is 6.63. The van der Waals surface area contributed by atoms with E-state index >= 15 is 0 Å². The summed E-state index contributed by atoms with van der Waals surface area (Å²) in [6, 6.07) is 4.65. The van der Waals surface area contributed by atoms with Crippen LogP contribution >= 0.6 is 0 Å². The van der Waals surface area contributed by atoms with Crippen LogP contribution in [0.3, 0.4) is 0 Å². The molecular weight excluding hydrogens is 444 g/mol. The molecule has 0 spiro atoms. The first kappa shape index (κ1) is 22.0. The van der Waals surface area contributed by atoms with Crippen molar-refractivity contribution in [3.8, 4) is 17.0 Å². The standard InChI is InChI=1S/C26H30N6O3/c1-17-25(18(2)35-30-17)19-13-22-23(28-15-19)14-24(31-9-11-33-12-10-31)29-26(22)34-21-5-3-20(4-6-21)32-8-7-27-16-32/h7-8,13-16,20-21H,3-6,9-12H2,1-2H3. The lowest BCUT2D eigenvalue weighted by Crippen LogP contribution is -2.36. The number of aromatic nitrogens is 5. The molecule has 5 heterocycles. The van der Waals surface area contributed by atoms with Crippen LogP contribution < -0.4 is 9.64 Å². The molecule has 9 heteroatoms. The van der Waals surface area contributed by atoms with Crippen LogP contribution in [0.2, 0.25) is 0 Å². The topological polar surface area (TPSA) is 91.3 Å². The summed E-state index contributed by atoms with van der Waals surface area (Å²) >= 11 is 0. The summed E-state index contributed by atoms with van der Waals surface area (Å²) in [7, 11) is 0. The van der Waals surface area contributed by atoms with Gasteiger partial charge in [-0.15, -0.1) is 0 Å². The molecule has 0 atom stereocenters. The van der Waals surface area contributed by atoms with Crippen molar-refractivity contribution in [2.45, 2.75) is 51.7 Å². The normalized spacial score (nSPS) is 20.9. The van der Waals surface area contributed by atoms with Gasteiger partial charge in [0.1, 0.15) is 17.7 Å². The van der Waals surface area contributed by atoms with Crippen molar-refractivity contribution in [3.05, 3.63) is 48.5 Å². The van der Waals surface area contributed by atoms with E-state index in [9.17, 15) is 0 Å². The Morgan fingerprint density at radius 1 is 1.06 bits per heavy atom. The maximum Gasteiger partial charge on any atom is 0.225 e. The summed E-state index contributed by atoms with van der Waals surface area (Å²) in [6.07, 6.45) is 11.9. The molecule has 0 radical (unpaired) electrons. The third-order valence-corrected chi connectivity index (χ3v) is 7.16. The lowest BCUT2D eigenvalue weighted by atomic mass is 9.93. The molecule has 1 saturated heterocycles. The second-order valence-electron chi connectivity index (χ2n) is 9.43. The van der Waals surface area contributed by atoms with Gasteiger partial charge in [-0.2, -0.15) is 4.98 Å². The van der Waals surface area contributed by atoms with E-state index in [2.05, 4.69) is 37.9 Å². The van der Waals surface area contributed by atoms with Crippen molar-refractivity contribution in [1.29, 1.82) is 0 Å². The maximum atomic E-state index is 6.63. The van der Waals surface area contributed by atoms with Crippen LogP contribution in [0.1, 0.15) is 43.2 Å². The minimum atomic E-state index is 0.119. The minimum absolute atomic E-state index is 0.119. The van der Waals surface area contributed by atoms with Crippen LogP contribution in [-0.2, 0) is 4.74 Å². The predicted molar refractivity (Wildman–Crippen MR) is 132 cm³/mol. The fraction of sp³-hybridized carbons (Fsp3) is 0.462. The van der Waals surface area contributed by atoms with Crippen LogP contribution in [-0.4, -0.2) is 57.1 Å². The first-order chi connectivity index (χ1) is 17.2. The molecule has 2 aliphatic rings. The highest BCUT2D eigenvalue weighted by Gasteiger charge is 2.26. The number of anilines is 1. The number of morpholine rings is 1. The Morgan fingerprint density at radius 3 is 2.60 bits per heavy atom. The second kappa shape index (κ2) is 9.30. The summed E-state index contributed by atoms with van der Waals surface area (Å²) in [5, 5.41) is 5.03. The molecule has 1 aliphatic heterocycles. The van der Waals surface area contributed by atoms with Crippen LogP contribution in [0.25, 0.3) is 22.0 Å². The van der Waals surface area contributed by atoms with Crippen molar-refractivity contribution < 1.29 is 14.0 Å². The van der Waals surface area contributed by atoms with Gasteiger partial charge in [0.15, 0.2) is 0 Å². The molecule has 1 aliphatic carbocycles. The van der Waals surface area contributed by atoms with Crippen molar-refractivity contribution in [1.82, 2.24) is 24.7 Å². The van der Waals surface area contributed by atoms with Crippen LogP contribution in [0.15, 0.2) is 41.6 Å². The SMILES string of the molecule is Cc1noc(C)c1-c1cnc2cc(N3CCOCC3)nc(OC3CCC(n4ccnc4)CC3)c2c1. The monoisotopic (exact) mass is 474 g/mol. The average molecular weight is 475 g/mol. The molecule has 2 fully saturated rings. The van der Waals surface area contributed by atoms with E-state index < -0.39 is 0 Å². The highest BCUT2D eigenvalue weighted by Crippen LogP contribution is 2.36. The van der Waals surface area contributed by atoms with E-state index in [1.165, 1.54) is 0 Å². The summed E-state index contributed by atoms with van der Waals surface area (Å²) in [5.74, 6) is 2.32. The van der Waals surface area contributed by atoms with E-state index in [-0.39, 0.29) is 6.10 Å². The van der Waals surface area contributed by atoms with E-state index in [1.807, 2.05) is 32.6 Å². The molecular formula is C26H30N6O3. The molecule has 0 N–H and O–H groups in total. The zero-order valence-electron chi connectivity index (χ0n) is 20.2. The number of rotatable bonds is 5. The van der Waals surface area contributed by atoms with Gasteiger partial charge in [0.25, 0.3) is 0 Å². The molecule has 0 unspecified atom stereocenters. The lowest BCUT2D eigenvalue weighted by molar-refractivity contribution is 0.121. The number of hydrogen-bond donors (Lipinski definition) is 0. The number of hydrogen-bond acceptors (Lipinski definition) is 8. The molecule has 182 valence electrons. The highest BCUT2D eigenvalue weighted by molar-refractivity contribution is 5.90. The lowest BCUT2D eigenvalue weighted by Gasteiger charge is -2.31. The van der Waals surface area contributed by atoms with E-state index in [0.29, 0.717) is 25.1 Å². The molecule has 6 rings (SSSR count). The van der Waals surface area contributed by atoms with Gasteiger partial charge < -0.3 is 23.5 Å². The predicted octanol–water partition coefficient (Wildman–Crippen LogP) is 4.50. The summed E-state index contributed by atoms with van der Waals surface area (Å²) in [5.41, 5.74) is 3.66. The smallest absolute Gasteiger partial charge is 0.225 e. The summed E-state index contributed by atoms with van der Waals surface area (Å²) < 4.78 is 19.8. The fourth-order valence-electron chi connectivity index (χ4n) is 5.26. The Morgan fingerprint density at radius 2 is 1.89 bits per heavy atom. The summed E-state index contributed by atoms with van der Waals surface area (Å²) in [4.78, 5) is 16.3. The van der Waals surface area contributed by atoms with Crippen LogP contribution in [0.4, 0.5) is 5.82 Å². The molecule has 4 aromatic rings. The van der Waals surface area contributed by atoms with Gasteiger partial charge in [0.2, 0.25) is 5.88 Å². The molecule has 35 heavy (non-hydrogen) atoms. The Kier molecular flexibility index (Phi) is 5.85. The van der Waals surface area contributed by atoms with Crippen molar-refractivity contribution in [2.24, 2.45) is 0 Å². The van der Waals surface area contributed by atoms with E-state index in [1.54, 1.807) is 0 Å². The first-order valence-electron chi connectivity index (χ1n) is 12.4. The first-order valence-corrected chi connectivity index (χ1v) is 12.4. The van der Waals surface area contributed by atoms with Crippen molar-refractivity contribution in [3.63, 3.8) is 0 Å². The fourth-order valence-corrected chi connectivity index (χ4v) is 5.26. The molecule has 1 saturated carbocycles. The average Bonchev–Trinajstić information content (AvgIpc) is 3.55. The van der Waals surface area contributed by atoms with Gasteiger partial charge in [0.05, 0.1) is 36.1 Å². The number of pyridine rings is 2. The van der Waals surface area contributed by atoms with Gasteiger partial charge in [0, 0.05) is 54.9 Å². The Bertz CT molecular complexity index is 1280. The molecule has 4 aromatic heterocycles. The van der Waals surface area contributed by atoms with Crippen molar-refractivity contribution >= 4 is 16.7 Å². The molecule has 0 aromatic carbocycles. The highest BCUT2D eigenvalue weighted by atomic mass is 16.5. The zero-order valence-corrected chi connectivity index (χ0v) is 20.2. The van der Waals surface area contributed by atoms with Gasteiger partial charge in [-0.3, -0.25) is 4.98 Å². The van der Waals surface area contributed by atoms with Gasteiger partial charge in [-0.1, -0.05) is 5.16 Å². The molecule has 0 amide bonds. The van der Waals surface area contributed by atoms with Crippen molar-refractivity contribution in [2.75, 3.05) is 31.2 Å². The molecule has 0 bridgehead atoms. The van der Waals surface area contributed by atoms with Crippen LogP contribution in [0, 0.1) is 13.8 Å². The minimum Gasteiger partial charge on any atom is -0.474 e. The van der Waals surface area contributed by atoms with Gasteiger partial charge in [-0.25, -0.2) is 4.98 Å². The molecule has 9 nitrogen and oxygen atoms in total. The van der Waals surface area contributed by atoms with Gasteiger partial charge >= 0.3 is 0 Å². The Balaban J connectivity index is 1.33. The third-order valence-electron chi connectivity index (χ3n) is 7.16. The number of fused-ring (bicyclic) bond motifs is 1. The van der Waals surface area contributed by atoms with Gasteiger partial charge in [-0.05, 0) is 45.6 Å². The van der Waals surface area contributed by atoms with Crippen LogP contribution in [0.5, 0.6) is 5.88 Å². The second-order valence-corrected chi connectivity index (χ2v) is 9.43. The third kappa shape index (κ3) is 4.36. The number of ether oxygens (including phenoxy) is 2. The number of nitrogens with zero attached hydrogens (tertiary/aromatic N) is 6. The Hall–Kier alpha value is -3.46. The quantitative estimate of drug-likeness (QED) is 0.418. The van der Waals surface area contributed by atoms with E-state index in [0.717, 1.165) is 78.1 Å². The largest absolute Gasteiger partial charge is 0.474 e. The van der Waals surface area contributed by atoms with E-state index in [4.69, 9.17) is 24.0 Å². The summed E-state index contributed by atoms with van der Waals surface area (Å²) in [6.45, 7) is 6.90. The number of aryl methyl sites for hydroxylation is 2.